The lowest BCUT2D eigenvalue weighted by Gasteiger charge is -2.04. The molecule has 0 atom stereocenters. The normalized spacial score (nSPS) is 11.2. The van der Waals surface area contributed by atoms with Gasteiger partial charge in [0.1, 0.15) is 5.82 Å². The Bertz CT molecular complexity index is 1120. The van der Waals surface area contributed by atoms with Gasteiger partial charge in [0.25, 0.3) is 0 Å². The quantitative estimate of drug-likeness (QED) is 0.349. The molecule has 0 saturated carbocycles. The first-order valence-electron chi connectivity index (χ1n) is 8.91. The van der Waals surface area contributed by atoms with Crippen LogP contribution in [-0.4, -0.2) is 31.3 Å². The van der Waals surface area contributed by atoms with Crippen molar-refractivity contribution in [3.8, 4) is 0 Å². The number of carbonyl (C=O) groups is 1. The Morgan fingerprint density at radius 1 is 1.07 bits per heavy atom. The Hall–Kier alpha value is -2.51. The van der Waals surface area contributed by atoms with Crippen molar-refractivity contribution in [3.63, 3.8) is 0 Å². The van der Waals surface area contributed by atoms with Crippen LogP contribution in [0.15, 0.2) is 64.8 Å². The Balaban J connectivity index is 1.39. The molecule has 142 valence electrons. The molecule has 0 amide bonds. The van der Waals surface area contributed by atoms with E-state index in [9.17, 15) is 4.79 Å². The number of ketones is 1. The molecule has 0 unspecified atom stereocenters. The van der Waals surface area contributed by atoms with Crippen LogP contribution in [0.4, 0.5) is 0 Å². The molecular weight excluding hydrogens is 388 g/mol. The largest absolute Gasteiger partial charge is 0.360 e. The zero-order valence-electron chi connectivity index (χ0n) is 15.7. The van der Waals surface area contributed by atoms with E-state index in [1.54, 1.807) is 18.0 Å². The zero-order chi connectivity index (χ0) is 19.5. The molecule has 7 heteroatoms. The number of benzene rings is 2. The molecule has 2 aromatic heterocycles. The second-order valence-electron chi connectivity index (χ2n) is 6.52. The third-order valence-corrected chi connectivity index (χ3v) is 6.56. The molecule has 0 radical (unpaired) electrons. The smallest absolute Gasteiger partial charge is 0.191 e. The molecule has 1 N–H and O–H groups in total. The fraction of sp³-hybridized carbons (Fsp3) is 0.190. The standard InChI is InChI=1S/C21H20N4OS2/c1-14-7-9-15(10-8-14)27-13-20-23-24-21(25(20)2)28-12-19(26)17-11-22-18-6-4-3-5-16(17)18/h3-11,22H,12-13H2,1-2H3. The molecule has 0 aliphatic rings. The van der Waals surface area contributed by atoms with E-state index >= 15 is 0 Å². The maximum atomic E-state index is 12.6. The van der Waals surface area contributed by atoms with Crippen LogP contribution in [0, 0.1) is 6.92 Å². The Kier molecular flexibility index (Phi) is 5.54. The van der Waals surface area contributed by atoms with E-state index in [1.165, 1.54) is 22.2 Å². The highest BCUT2D eigenvalue weighted by Gasteiger charge is 2.15. The van der Waals surface area contributed by atoms with Crippen LogP contribution < -0.4 is 0 Å². The first kappa shape index (κ1) is 18.8. The summed E-state index contributed by atoms with van der Waals surface area (Å²) in [5.41, 5.74) is 2.95. The van der Waals surface area contributed by atoms with Gasteiger partial charge in [0.15, 0.2) is 10.9 Å². The van der Waals surface area contributed by atoms with Gasteiger partial charge in [-0.3, -0.25) is 4.79 Å². The summed E-state index contributed by atoms with van der Waals surface area (Å²) in [6, 6.07) is 16.3. The predicted molar refractivity (Wildman–Crippen MR) is 115 cm³/mol. The number of nitrogens with one attached hydrogen (secondary N) is 1. The summed E-state index contributed by atoms with van der Waals surface area (Å²) in [5.74, 6) is 2.05. The predicted octanol–water partition coefficient (Wildman–Crippen LogP) is 4.87. The topological polar surface area (TPSA) is 63.6 Å². The van der Waals surface area contributed by atoms with Crippen LogP contribution in [0.5, 0.6) is 0 Å². The molecule has 2 heterocycles. The van der Waals surface area contributed by atoms with Gasteiger partial charge in [-0.25, -0.2) is 0 Å². The second-order valence-corrected chi connectivity index (χ2v) is 8.51. The first-order chi connectivity index (χ1) is 13.6. The van der Waals surface area contributed by atoms with Crippen molar-refractivity contribution in [2.45, 2.75) is 22.7 Å². The molecule has 0 saturated heterocycles. The number of nitrogens with zero attached hydrogens (tertiary/aromatic N) is 3. The zero-order valence-corrected chi connectivity index (χ0v) is 17.3. The molecular formula is C21H20N4OS2. The second kappa shape index (κ2) is 8.24. The number of H-pyrrole nitrogens is 1. The number of hydrogen-bond donors (Lipinski definition) is 1. The summed E-state index contributed by atoms with van der Waals surface area (Å²) in [6.07, 6.45) is 1.79. The summed E-state index contributed by atoms with van der Waals surface area (Å²) >= 11 is 3.15. The van der Waals surface area contributed by atoms with Gasteiger partial charge in [0.2, 0.25) is 0 Å². The number of para-hydroxylation sites is 1. The number of rotatable bonds is 7. The van der Waals surface area contributed by atoms with Gasteiger partial charge in [-0.2, -0.15) is 0 Å². The molecule has 4 aromatic rings. The van der Waals surface area contributed by atoms with E-state index in [1.807, 2.05) is 35.9 Å². The fourth-order valence-corrected chi connectivity index (χ4v) is 4.58. The van der Waals surface area contributed by atoms with Crippen LogP contribution in [0.1, 0.15) is 21.7 Å². The lowest BCUT2D eigenvalue weighted by Crippen LogP contribution is -2.04. The van der Waals surface area contributed by atoms with E-state index in [2.05, 4.69) is 46.4 Å². The van der Waals surface area contributed by atoms with Crippen LogP contribution in [0.2, 0.25) is 0 Å². The molecule has 4 rings (SSSR count). The lowest BCUT2D eigenvalue weighted by atomic mass is 10.1. The van der Waals surface area contributed by atoms with Crippen LogP contribution in [0.3, 0.4) is 0 Å². The molecule has 0 aliphatic carbocycles. The number of aryl methyl sites for hydroxylation is 1. The van der Waals surface area contributed by atoms with Gasteiger partial charge in [0, 0.05) is 34.6 Å². The highest BCUT2D eigenvalue weighted by Crippen LogP contribution is 2.25. The summed E-state index contributed by atoms with van der Waals surface area (Å²) in [6.45, 7) is 2.08. The minimum absolute atomic E-state index is 0.0843. The van der Waals surface area contributed by atoms with E-state index in [0.717, 1.165) is 33.2 Å². The SMILES string of the molecule is Cc1ccc(SCc2nnc(SCC(=O)c3c[nH]c4ccccc34)n2C)cc1. The maximum Gasteiger partial charge on any atom is 0.191 e. The molecule has 0 aliphatic heterocycles. The van der Waals surface area contributed by atoms with Crippen LogP contribution >= 0.6 is 23.5 Å². The van der Waals surface area contributed by atoms with Gasteiger partial charge in [0.05, 0.1) is 11.5 Å². The van der Waals surface area contributed by atoms with Crippen molar-refractivity contribution in [2.24, 2.45) is 7.05 Å². The van der Waals surface area contributed by atoms with Crippen molar-refractivity contribution in [1.29, 1.82) is 0 Å². The van der Waals surface area contributed by atoms with Crippen LogP contribution in [-0.2, 0) is 12.8 Å². The average molecular weight is 409 g/mol. The number of hydrogen-bond acceptors (Lipinski definition) is 5. The number of aromatic nitrogens is 4. The van der Waals surface area contributed by atoms with Crippen molar-refractivity contribution < 1.29 is 4.79 Å². The minimum Gasteiger partial charge on any atom is -0.360 e. The Morgan fingerprint density at radius 3 is 2.68 bits per heavy atom. The highest BCUT2D eigenvalue weighted by atomic mass is 32.2. The summed E-state index contributed by atoms with van der Waals surface area (Å²) in [7, 11) is 1.95. The third kappa shape index (κ3) is 4.00. The number of fused-ring (bicyclic) bond motifs is 1. The van der Waals surface area contributed by atoms with Gasteiger partial charge in [-0.15, -0.1) is 22.0 Å². The average Bonchev–Trinajstić information content (AvgIpc) is 3.29. The molecule has 5 nitrogen and oxygen atoms in total. The number of thioether (sulfide) groups is 2. The van der Waals surface area contributed by atoms with Gasteiger partial charge >= 0.3 is 0 Å². The Labute approximate surface area is 171 Å². The van der Waals surface area contributed by atoms with Gasteiger partial charge < -0.3 is 9.55 Å². The maximum absolute atomic E-state index is 12.6. The van der Waals surface area contributed by atoms with E-state index in [-0.39, 0.29) is 5.78 Å². The van der Waals surface area contributed by atoms with E-state index < -0.39 is 0 Å². The van der Waals surface area contributed by atoms with Crippen LogP contribution in [0.25, 0.3) is 10.9 Å². The Morgan fingerprint density at radius 2 is 1.86 bits per heavy atom. The summed E-state index contributed by atoms with van der Waals surface area (Å²) in [4.78, 5) is 17.0. The van der Waals surface area contributed by atoms with Crippen molar-refractivity contribution in [3.05, 3.63) is 71.7 Å². The van der Waals surface area contributed by atoms with Gasteiger partial charge in [-0.1, -0.05) is 47.7 Å². The number of Topliss-reactive ketones (excluding diaryl/α,β-unsaturated/α-hetero) is 1. The minimum atomic E-state index is 0.0843. The molecule has 0 bridgehead atoms. The van der Waals surface area contributed by atoms with Crippen molar-refractivity contribution >= 4 is 40.2 Å². The highest BCUT2D eigenvalue weighted by molar-refractivity contribution is 7.99. The molecule has 0 fully saturated rings. The number of carbonyl (C=O) groups excluding carboxylic acids is 1. The molecule has 2 aromatic carbocycles. The monoisotopic (exact) mass is 408 g/mol. The first-order valence-corrected chi connectivity index (χ1v) is 10.9. The molecule has 28 heavy (non-hydrogen) atoms. The van der Waals surface area contributed by atoms with Crippen molar-refractivity contribution in [1.82, 2.24) is 19.7 Å². The number of aromatic amines is 1. The summed E-state index contributed by atoms with van der Waals surface area (Å²) < 4.78 is 1.97. The van der Waals surface area contributed by atoms with E-state index in [0.29, 0.717) is 5.75 Å². The fourth-order valence-electron chi connectivity index (χ4n) is 2.89. The van der Waals surface area contributed by atoms with E-state index in [4.69, 9.17) is 0 Å². The van der Waals surface area contributed by atoms with Crippen molar-refractivity contribution in [2.75, 3.05) is 5.75 Å². The van der Waals surface area contributed by atoms with Gasteiger partial charge in [-0.05, 0) is 25.1 Å². The summed E-state index contributed by atoms with van der Waals surface area (Å²) in [5, 5.41) is 10.3. The molecule has 0 spiro atoms. The third-order valence-electron chi connectivity index (χ3n) is 4.54. The lowest BCUT2D eigenvalue weighted by molar-refractivity contribution is 0.102.